The van der Waals surface area contributed by atoms with E-state index in [0.29, 0.717) is 5.75 Å². The van der Waals surface area contributed by atoms with Crippen LogP contribution in [0.4, 0.5) is 0 Å². The van der Waals surface area contributed by atoms with Gasteiger partial charge in [0, 0.05) is 23.5 Å². The summed E-state index contributed by atoms with van der Waals surface area (Å²) in [7, 11) is -3.97. The summed E-state index contributed by atoms with van der Waals surface area (Å²) >= 11 is 0. The molecule has 0 N–H and O–H groups in total. The van der Waals surface area contributed by atoms with E-state index in [1.807, 2.05) is 116 Å². The van der Waals surface area contributed by atoms with Crippen molar-refractivity contribution in [2.45, 2.75) is 36.9 Å². The minimum absolute atomic E-state index is 0.216. The van der Waals surface area contributed by atoms with Gasteiger partial charge in [0.15, 0.2) is 11.2 Å². The topological polar surface area (TPSA) is 60.8 Å². The molecule has 1 fully saturated rings. The van der Waals surface area contributed by atoms with Crippen LogP contribution in [0.25, 0.3) is 11.1 Å². The lowest BCUT2D eigenvalue weighted by molar-refractivity contribution is 0.300. The molecule has 0 spiro atoms. The van der Waals surface area contributed by atoms with Crippen molar-refractivity contribution < 1.29 is 17.9 Å². The first-order chi connectivity index (χ1) is 24.7. The van der Waals surface area contributed by atoms with E-state index in [0.717, 1.165) is 55.8 Å². The van der Waals surface area contributed by atoms with E-state index in [2.05, 4.69) is 50.2 Å². The Labute approximate surface area is 299 Å². The van der Waals surface area contributed by atoms with E-state index in [-0.39, 0.29) is 4.90 Å². The van der Waals surface area contributed by atoms with Crippen LogP contribution < -0.4 is 4.74 Å². The number of aryl methyl sites for hydroxylation is 3. The Bertz CT molecular complexity index is 2380. The maximum Gasteiger partial charge on any atom is 0.267 e. The number of hydrogen-bond acceptors (Lipinski definition) is 4. The molecule has 1 saturated heterocycles. The minimum atomic E-state index is -3.97. The highest BCUT2D eigenvalue weighted by molar-refractivity contribution is 7.90. The molecule has 51 heavy (non-hydrogen) atoms. The van der Waals surface area contributed by atoms with Crippen molar-refractivity contribution in [1.82, 2.24) is 3.97 Å². The summed E-state index contributed by atoms with van der Waals surface area (Å²) in [4.78, 5) is 0.216. The van der Waals surface area contributed by atoms with Gasteiger partial charge in [-0.15, -0.1) is 0 Å². The highest BCUT2D eigenvalue weighted by atomic mass is 32.2. The fourth-order valence-corrected chi connectivity index (χ4v) is 8.62. The molecule has 8 rings (SSSR count). The van der Waals surface area contributed by atoms with Crippen molar-refractivity contribution >= 4 is 10.0 Å². The highest BCUT2D eigenvalue weighted by Gasteiger charge is 2.74. The number of para-hydroxylation sites is 1. The monoisotopic (exact) mass is 687 g/mol. The Hall–Kier alpha value is -5.69. The largest absolute Gasteiger partial charge is 0.457 e. The normalized spacial score (nSPS) is 16.5. The third-order valence-corrected chi connectivity index (χ3v) is 11.5. The lowest BCUT2D eigenvalue weighted by Crippen LogP contribution is -2.26. The van der Waals surface area contributed by atoms with Crippen molar-refractivity contribution in [1.29, 1.82) is 0 Å². The van der Waals surface area contributed by atoms with E-state index in [1.165, 1.54) is 3.97 Å². The number of ether oxygens (including phenoxy) is 2. The average molecular weight is 688 g/mol. The van der Waals surface area contributed by atoms with Crippen molar-refractivity contribution in [3.05, 3.63) is 209 Å². The van der Waals surface area contributed by atoms with Gasteiger partial charge in [0.25, 0.3) is 10.0 Å². The molecule has 1 atom stereocenters. The standard InChI is InChI=1S/C45H37NO4S/c1-32-22-28-40(29-23-32)51(47,48)46-30-41(43-33(2)14-13-15-34(43)3)42(31-46)45(37-24-26-39(27-25-37)49-38-20-11-6-12-21-38)44(50-45,35-16-7-4-8-17-35)36-18-9-5-10-19-36/h4-31H,1-3H3. The first kappa shape index (κ1) is 32.5. The van der Waals surface area contributed by atoms with Gasteiger partial charge in [0.05, 0.1) is 4.90 Å². The fourth-order valence-electron chi connectivity index (χ4n) is 7.41. The van der Waals surface area contributed by atoms with Gasteiger partial charge in [-0.1, -0.05) is 127 Å². The van der Waals surface area contributed by atoms with Gasteiger partial charge in [0.1, 0.15) is 11.5 Å². The summed E-state index contributed by atoms with van der Waals surface area (Å²) in [6.45, 7) is 6.08. The molecule has 0 aliphatic carbocycles. The second-order valence-electron chi connectivity index (χ2n) is 13.1. The third-order valence-electron chi connectivity index (χ3n) is 9.89. The summed E-state index contributed by atoms with van der Waals surface area (Å²) in [6.07, 6.45) is 3.52. The Balaban J connectivity index is 1.42. The molecule has 7 aromatic rings. The molecule has 5 nitrogen and oxygen atoms in total. The zero-order valence-corrected chi connectivity index (χ0v) is 29.5. The van der Waals surface area contributed by atoms with Crippen molar-refractivity contribution in [2.75, 3.05) is 0 Å². The van der Waals surface area contributed by atoms with Crippen LogP contribution in [0, 0.1) is 20.8 Å². The Morgan fingerprint density at radius 1 is 0.529 bits per heavy atom. The SMILES string of the molecule is Cc1ccc(S(=O)(=O)n2cc(-c3c(C)cccc3C)c(C3(c4ccc(Oc5ccccc5)cc4)OC3(c3ccccc3)c3ccccc3)c2)cc1. The van der Waals surface area contributed by atoms with Crippen LogP contribution in [0.2, 0.25) is 0 Å². The highest BCUT2D eigenvalue weighted by Crippen LogP contribution is 2.70. The zero-order valence-electron chi connectivity index (χ0n) is 28.7. The molecule has 0 amide bonds. The Kier molecular flexibility index (Phi) is 8.01. The molecular formula is C45H37NO4S. The van der Waals surface area contributed by atoms with Crippen LogP contribution >= 0.6 is 0 Å². The quantitative estimate of drug-likeness (QED) is 0.142. The van der Waals surface area contributed by atoms with Gasteiger partial charge in [-0.25, -0.2) is 12.4 Å². The molecule has 1 unspecified atom stereocenters. The molecule has 2 heterocycles. The zero-order chi connectivity index (χ0) is 35.2. The van der Waals surface area contributed by atoms with Gasteiger partial charge >= 0.3 is 0 Å². The predicted octanol–water partition coefficient (Wildman–Crippen LogP) is 10.3. The van der Waals surface area contributed by atoms with Crippen molar-refractivity contribution in [2.24, 2.45) is 0 Å². The number of aromatic nitrogens is 1. The molecule has 6 aromatic carbocycles. The first-order valence-electron chi connectivity index (χ1n) is 17.0. The van der Waals surface area contributed by atoms with Crippen LogP contribution in [0.5, 0.6) is 11.5 Å². The lowest BCUT2D eigenvalue weighted by Gasteiger charge is -2.24. The maximum atomic E-state index is 14.4. The summed E-state index contributed by atoms with van der Waals surface area (Å²) in [5.41, 5.74) is 6.25. The van der Waals surface area contributed by atoms with Crippen LogP contribution in [-0.2, 0) is 26.0 Å². The number of nitrogens with zero attached hydrogens (tertiary/aromatic N) is 1. The summed E-state index contributed by atoms with van der Waals surface area (Å²) in [6, 6.07) is 51.2. The van der Waals surface area contributed by atoms with Crippen LogP contribution in [0.15, 0.2) is 175 Å². The molecular weight excluding hydrogens is 651 g/mol. The number of benzene rings is 6. The van der Waals surface area contributed by atoms with Gasteiger partial charge in [-0.2, -0.15) is 0 Å². The van der Waals surface area contributed by atoms with E-state index in [9.17, 15) is 8.42 Å². The molecule has 0 radical (unpaired) electrons. The van der Waals surface area contributed by atoms with Gasteiger partial charge in [-0.05, 0) is 90.6 Å². The lowest BCUT2D eigenvalue weighted by atomic mass is 9.72. The number of rotatable bonds is 9. The van der Waals surface area contributed by atoms with Gasteiger partial charge in [-0.3, -0.25) is 0 Å². The Morgan fingerprint density at radius 2 is 1.04 bits per heavy atom. The Morgan fingerprint density at radius 3 is 1.61 bits per heavy atom. The first-order valence-corrected chi connectivity index (χ1v) is 18.4. The molecule has 1 aliphatic heterocycles. The average Bonchev–Trinajstić information content (AvgIpc) is 3.67. The number of epoxide rings is 1. The molecule has 252 valence electrons. The fraction of sp³-hybridized carbons (Fsp3) is 0.111. The summed E-state index contributed by atoms with van der Waals surface area (Å²) in [5.74, 6) is 1.42. The van der Waals surface area contributed by atoms with E-state index in [1.54, 1.807) is 24.5 Å². The predicted molar refractivity (Wildman–Crippen MR) is 202 cm³/mol. The number of hydrogen-bond donors (Lipinski definition) is 0. The van der Waals surface area contributed by atoms with Crippen molar-refractivity contribution in [3.8, 4) is 22.6 Å². The molecule has 0 saturated carbocycles. The van der Waals surface area contributed by atoms with E-state index < -0.39 is 21.2 Å². The second kappa shape index (κ2) is 12.6. The molecule has 1 aliphatic rings. The van der Waals surface area contributed by atoms with Crippen LogP contribution in [0.3, 0.4) is 0 Å². The van der Waals surface area contributed by atoms with Crippen LogP contribution in [-0.4, -0.2) is 12.4 Å². The summed E-state index contributed by atoms with van der Waals surface area (Å²) in [5, 5.41) is 0. The molecule has 6 heteroatoms. The van der Waals surface area contributed by atoms with E-state index >= 15 is 0 Å². The van der Waals surface area contributed by atoms with Crippen LogP contribution in [0.1, 0.15) is 38.9 Å². The second-order valence-corrected chi connectivity index (χ2v) is 15.0. The minimum Gasteiger partial charge on any atom is -0.457 e. The van der Waals surface area contributed by atoms with Crippen molar-refractivity contribution in [3.63, 3.8) is 0 Å². The van der Waals surface area contributed by atoms with E-state index in [4.69, 9.17) is 9.47 Å². The van der Waals surface area contributed by atoms with Gasteiger partial charge in [0.2, 0.25) is 0 Å². The molecule has 1 aromatic heterocycles. The molecule has 0 bridgehead atoms. The maximum absolute atomic E-state index is 14.4. The third kappa shape index (κ3) is 5.39. The van der Waals surface area contributed by atoms with Gasteiger partial charge < -0.3 is 9.47 Å². The summed E-state index contributed by atoms with van der Waals surface area (Å²) < 4.78 is 43.7. The smallest absolute Gasteiger partial charge is 0.267 e.